The largest absolute Gasteiger partial charge is 0.481 e. The highest BCUT2D eigenvalue weighted by atomic mass is 16.6. The van der Waals surface area contributed by atoms with Crippen molar-refractivity contribution in [2.75, 3.05) is 0 Å². The van der Waals surface area contributed by atoms with Gasteiger partial charge in [0.15, 0.2) is 0 Å². The van der Waals surface area contributed by atoms with E-state index >= 15 is 0 Å². The molecule has 2 rings (SSSR count). The van der Waals surface area contributed by atoms with Gasteiger partial charge in [0.1, 0.15) is 0 Å². The number of aromatic nitrogens is 3. The van der Waals surface area contributed by atoms with Crippen molar-refractivity contribution >= 4 is 11.7 Å². The molecule has 110 valence electrons. The van der Waals surface area contributed by atoms with E-state index in [1.165, 1.54) is 6.07 Å². The predicted molar refractivity (Wildman–Crippen MR) is 72.8 cm³/mol. The molecule has 0 aliphatic heterocycles. The number of aryl methyl sites for hydroxylation is 3. The minimum absolute atomic E-state index is 0.00283. The fourth-order valence-electron chi connectivity index (χ4n) is 1.93. The van der Waals surface area contributed by atoms with Crippen LogP contribution in [0.1, 0.15) is 17.7 Å². The Morgan fingerprint density at radius 1 is 1.33 bits per heavy atom. The zero-order chi connectivity index (χ0) is 15.2. The lowest BCUT2D eigenvalue weighted by Gasteiger charge is -2.02. The fourth-order valence-corrected chi connectivity index (χ4v) is 1.93. The molecule has 1 aromatic heterocycles. The van der Waals surface area contributed by atoms with Crippen LogP contribution in [0.3, 0.4) is 0 Å². The van der Waals surface area contributed by atoms with E-state index in [0.29, 0.717) is 30.6 Å². The first-order chi connectivity index (χ1) is 10.1. The molecule has 8 heteroatoms. The number of carbonyl (C=O) groups is 1. The van der Waals surface area contributed by atoms with Crippen molar-refractivity contribution in [1.29, 1.82) is 0 Å². The predicted octanol–water partition coefficient (Wildman–Crippen LogP) is 1.45. The Morgan fingerprint density at radius 2 is 2.10 bits per heavy atom. The lowest BCUT2D eigenvalue weighted by atomic mass is 10.1. The molecule has 0 aliphatic carbocycles. The Morgan fingerprint density at radius 3 is 2.81 bits per heavy atom. The van der Waals surface area contributed by atoms with Crippen LogP contribution in [0.5, 0.6) is 0 Å². The van der Waals surface area contributed by atoms with Gasteiger partial charge in [0.05, 0.1) is 17.0 Å². The Kier molecular flexibility index (Phi) is 4.60. The van der Waals surface area contributed by atoms with Crippen LogP contribution < -0.4 is 0 Å². The van der Waals surface area contributed by atoms with Gasteiger partial charge in [-0.2, -0.15) is 0 Å². The van der Waals surface area contributed by atoms with Crippen LogP contribution >= 0.6 is 0 Å². The van der Waals surface area contributed by atoms with E-state index in [0.717, 1.165) is 0 Å². The van der Waals surface area contributed by atoms with Crippen molar-refractivity contribution in [3.63, 3.8) is 0 Å². The molecule has 0 atom stereocenters. The van der Waals surface area contributed by atoms with Crippen LogP contribution in [0.2, 0.25) is 0 Å². The molecule has 0 spiro atoms. The number of carboxylic acids is 1. The third-order valence-corrected chi connectivity index (χ3v) is 2.98. The molecule has 0 aliphatic rings. The number of aliphatic carboxylic acids is 1. The van der Waals surface area contributed by atoms with Gasteiger partial charge >= 0.3 is 5.97 Å². The maximum Gasteiger partial charge on any atom is 0.303 e. The summed E-state index contributed by atoms with van der Waals surface area (Å²) in [4.78, 5) is 21.0. The van der Waals surface area contributed by atoms with Gasteiger partial charge in [-0.05, 0) is 6.42 Å². The SMILES string of the molecule is O=C(O)CCc1cn(CCc2ccccc2[N+](=O)[O-])nn1. The molecule has 1 aromatic carbocycles. The third kappa shape index (κ3) is 4.10. The van der Waals surface area contributed by atoms with E-state index in [1.54, 1.807) is 29.1 Å². The van der Waals surface area contributed by atoms with Crippen molar-refractivity contribution in [3.8, 4) is 0 Å². The van der Waals surface area contributed by atoms with Gasteiger partial charge in [-0.25, -0.2) is 0 Å². The van der Waals surface area contributed by atoms with Crippen LogP contribution in [0, 0.1) is 10.1 Å². The molecule has 8 nitrogen and oxygen atoms in total. The monoisotopic (exact) mass is 290 g/mol. The van der Waals surface area contributed by atoms with Gasteiger partial charge in [0.25, 0.3) is 5.69 Å². The summed E-state index contributed by atoms with van der Waals surface area (Å²) in [6, 6.07) is 6.55. The first-order valence-corrected chi connectivity index (χ1v) is 6.39. The summed E-state index contributed by atoms with van der Waals surface area (Å²) < 4.78 is 1.56. The number of benzene rings is 1. The smallest absolute Gasteiger partial charge is 0.303 e. The number of carboxylic acid groups (broad SMARTS) is 1. The van der Waals surface area contributed by atoms with E-state index in [-0.39, 0.29) is 12.1 Å². The van der Waals surface area contributed by atoms with E-state index < -0.39 is 10.9 Å². The Labute approximate surface area is 120 Å². The molecule has 0 bridgehead atoms. The number of nitrogens with zero attached hydrogens (tertiary/aromatic N) is 4. The zero-order valence-corrected chi connectivity index (χ0v) is 11.2. The van der Waals surface area contributed by atoms with Gasteiger partial charge in [-0.3, -0.25) is 19.6 Å². The van der Waals surface area contributed by atoms with E-state index in [9.17, 15) is 14.9 Å². The summed E-state index contributed by atoms with van der Waals surface area (Å²) in [5, 5.41) is 27.3. The van der Waals surface area contributed by atoms with Crippen LogP contribution in [-0.4, -0.2) is 31.0 Å². The molecule has 1 N–H and O–H groups in total. The first kappa shape index (κ1) is 14.6. The van der Waals surface area contributed by atoms with Crippen LogP contribution in [0.4, 0.5) is 5.69 Å². The van der Waals surface area contributed by atoms with E-state index in [1.807, 2.05) is 0 Å². The van der Waals surface area contributed by atoms with Crippen molar-refractivity contribution in [2.45, 2.75) is 25.8 Å². The standard InChI is InChI=1S/C13H14N4O4/c18-13(19)6-5-11-9-16(15-14-11)8-7-10-3-1-2-4-12(10)17(20)21/h1-4,9H,5-8H2,(H,18,19). The normalized spacial score (nSPS) is 10.5. The molecule has 0 radical (unpaired) electrons. The molecule has 0 saturated heterocycles. The molecule has 2 aromatic rings. The average Bonchev–Trinajstić information content (AvgIpc) is 2.91. The molecular weight excluding hydrogens is 276 g/mol. The highest BCUT2D eigenvalue weighted by Gasteiger charge is 2.12. The van der Waals surface area contributed by atoms with Crippen LogP contribution in [0.15, 0.2) is 30.5 Å². The maximum atomic E-state index is 10.9. The summed E-state index contributed by atoms with van der Waals surface area (Å²) in [5.41, 5.74) is 1.31. The highest BCUT2D eigenvalue weighted by Crippen LogP contribution is 2.18. The number of nitro groups is 1. The van der Waals surface area contributed by atoms with Crippen LogP contribution in [0.25, 0.3) is 0 Å². The second-order valence-corrected chi connectivity index (χ2v) is 4.50. The van der Waals surface area contributed by atoms with Crippen molar-refractivity contribution < 1.29 is 14.8 Å². The molecule has 21 heavy (non-hydrogen) atoms. The molecule has 0 saturated carbocycles. The Balaban J connectivity index is 1.97. The zero-order valence-electron chi connectivity index (χ0n) is 11.2. The van der Waals surface area contributed by atoms with Crippen molar-refractivity contribution in [2.24, 2.45) is 0 Å². The van der Waals surface area contributed by atoms with Gasteiger partial charge < -0.3 is 5.11 Å². The van der Waals surface area contributed by atoms with Gasteiger partial charge in [-0.15, -0.1) is 5.10 Å². The van der Waals surface area contributed by atoms with Gasteiger partial charge in [0, 0.05) is 30.8 Å². The summed E-state index contributed by atoms with van der Waals surface area (Å²) in [5.74, 6) is -0.885. The minimum Gasteiger partial charge on any atom is -0.481 e. The summed E-state index contributed by atoms with van der Waals surface area (Å²) in [6.07, 6.45) is 2.44. The number of rotatable bonds is 7. The highest BCUT2D eigenvalue weighted by molar-refractivity contribution is 5.66. The fraction of sp³-hybridized carbons (Fsp3) is 0.308. The van der Waals surface area contributed by atoms with Crippen LogP contribution in [-0.2, 0) is 24.2 Å². The lowest BCUT2D eigenvalue weighted by molar-refractivity contribution is -0.385. The topological polar surface area (TPSA) is 111 Å². The molecule has 0 unspecified atom stereocenters. The Hall–Kier alpha value is -2.77. The van der Waals surface area contributed by atoms with Gasteiger partial charge in [0.2, 0.25) is 0 Å². The minimum atomic E-state index is -0.885. The van der Waals surface area contributed by atoms with E-state index in [4.69, 9.17) is 5.11 Å². The number of hydrogen-bond donors (Lipinski definition) is 1. The lowest BCUT2D eigenvalue weighted by Crippen LogP contribution is -2.04. The maximum absolute atomic E-state index is 10.9. The number of para-hydroxylation sites is 1. The summed E-state index contributed by atoms with van der Waals surface area (Å²) in [7, 11) is 0. The third-order valence-electron chi connectivity index (χ3n) is 2.98. The second-order valence-electron chi connectivity index (χ2n) is 4.50. The molecule has 0 fully saturated rings. The average molecular weight is 290 g/mol. The summed E-state index contributed by atoms with van der Waals surface area (Å²) >= 11 is 0. The molecule has 0 amide bonds. The number of hydrogen-bond acceptors (Lipinski definition) is 5. The summed E-state index contributed by atoms with van der Waals surface area (Å²) in [6.45, 7) is 0.449. The van der Waals surface area contributed by atoms with Crippen molar-refractivity contribution in [1.82, 2.24) is 15.0 Å². The number of nitro benzene ring substituents is 1. The first-order valence-electron chi connectivity index (χ1n) is 6.39. The quantitative estimate of drug-likeness (QED) is 0.610. The molecule has 1 heterocycles. The Bertz CT molecular complexity index is 653. The molecular formula is C13H14N4O4. The van der Waals surface area contributed by atoms with Gasteiger partial charge in [-0.1, -0.05) is 23.4 Å². The second kappa shape index (κ2) is 6.60. The van der Waals surface area contributed by atoms with E-state index in [2.05, 4.69) is 10.3 Å². The van der Waals surface area contributed by atoms with Crippen molar-refractivity contribution in [3.05, 3.63) is 51.8 Å².